The van der Waals surface area contributed by atoms with Gasteiger partial charge in [0.05, 0.1) is 6.07 Å². The van der Waals surface area contributed by atoms with Crippen molar-refractivity contribution < 1.29 is 0 Å². The molecule has 1 atom stereocenters. The van der Waals surface area contributed by atoms with E-state index >= 15 is 0 Å². The van der Waals surface area contributed by atoms with Crippen LogP contribution in [0.15, 0.2) is 0 Å². The molecule has 0 amide bonds. The normalized spacial score (nSPS) is 26.1. The zero-order valence-electron chi connectivity index (χ0n) is 9.95. The summed E-state index contributed by atoms with van der Waals surface area (Å²) in [6.07, 6.45) is 2.12. The Balaban J connectivity index is 2.09. The van der Waals surface area contributed by atoms with Crippen LogP contribution in [0.2, 0.25) is 0 Å². The Kier molecular flexibility index (Phi) is 2.74. The van der Waals surface area contributed by atoms with Gasteiger partial charge in [-0.2, -0.15) is 5.26 Å². The van der Waals surface area contributed by atoms with Gasteiger partial charge in [-0.1, -0.05) is 0 Å². The first kappa shape index (κ1) is 10.9. The largest absolute Gasteiger partial charge is 0.316 e. The van der Waals surface area contributed by atoms with E-state index in [1.807, 2.05) is 0 Å². The van der Waals surface area contributed by atoms with Gasteiger partial charge < -0.3 is 5.32 Å². The van der Waals surface area contributed by atoms with Gasteiger partial charge in [0, 0.05) is 25.2 Å². The molecule has 15 heavy (non-hydrogen) atoms. The van der Waals surface area contributed by atoms with Gasteiger partial charge in [-0.05, 0) is 39.5 Å². The van der Waals surface area contributed by atoms with Crippen LogP contribution in [-0.2, 0) is 0 Å². The molecule has 1 unspecified atom stereocenters. The molecule has 1 aliphatic carbocycles. The zero-order valence-corrected chi connectivity index (χ0v) is 9.95. The molecule has 0 aromatic rings. The molecule has 2 aliphatic rings. The predicted octanol–water partition coefficient (Wildman–Crippen LogP) is 1.36. The van der Waals surface area contributed by atoms with E-state index in [0.29, 0.717) is 12.1 Å². The predicted molar refractivity (Wildman–Crippen MR) is 60.4 cm³/mol. The van der Waals surface area contributed by atoms with Crippen molar-refractivity contribution in [1.29, 1.82) is 5.26 Å². The van der Waals surface area contributed by atoms with E-state index in [-0.39, 0.29) is 5.54 Å². The van der Waals surface area contributed by atoms with E-state index in [2.05, 4.69) is 37.1 Å². The van der Waals surface area contributed by atoms with Crippen molar-refractivity contribution >= 4 is 0 Å². The smallest absolute Gasteiger partial charge is 0.109 e. The van der Waals surface area contributed by atoms with Crippen LogP contribution >= 0.6 is 0 Å². The maximum absolute atomic E-state index is 9.29. The Morgan fingerprint density at radius 1 is 1.33 bits per heavy atom. The molecular formula is C12H21N3. The molecule has 1 saturated heterocycles. The molecule has 1 N–H and O–H groups in total. The topological polar surface area (TPSA) is 39.1 Å². The van der Waals surface area contributed by atoms with Gasteiger partial charge in [-0.3, -0.25) is 4.90 Å². The molecule has 1 saturated carbocycles. The van der Waals surface area contributed by atoms with Crippen molar-refractivity contribution in [3.63, 3.8) is 0 Å². The number of nitrogens with one attached hydrogen (secondary N) is 1. The monoisotopic (exact) mass is 207 g/mol. The molecule has 0 radical (unpaired) electrons. The Morgan fingerprint density at radius 2 is 1.93 bits per heavy atom. The molecular weight excluding hydrogens is 186 g/mol. The lowest BCUT2D eigenvalue weighted by molar-refractivity contribution is 0.0604. The lowest BCUT2D eigenvalue weighted by Gasteiger charge is -2.44. The lowest BCUT2D eigenvalue weighted by Crippen LogP contribution is -2.58. The van der Waals surface area contributed by atoms with E-state index in [9.17, 15) is 5.26 Å². The first-order valence-electron chi connectivity index (χ1n) is 6.01. The molecule has 3 nitrogen and oxygen atoms in total. The van der Waals surface area contributed by atoms with Crippen molar-refractivity contribution in [2.75, 3.05) is 13.1 Å². The molecule has 2 fully saturated rings. The van der Waals surface area contributed by atoms with Gasteiger partial charge in [-0.15, -0.1) is 0 Å². The molecule has 0 spiro atoms. The fourth-order valence-electron chi connectivity index (χ4n) is 2.78. The third-order valence-electron chi connectivity index (χ3n) is 3.92. The quantitative estimate of drug-likeness (QED) is 0.756. The molecule has 0 aromatic heterocycles. The van der Waals surface area contributed by atoms with Crippen LogP contribution in [0.5, 0.6) is 0 Å². The minimum absolute atomic E-state index is 0.122. The molecule has 2 rings (SSSR count). The zero-order chi connectivity index (χ0) is 11.1. The van der Waals surface area contributed by atoms with Gasteiger partial charge in [0.1, 0.15) is 5.54 Å². The summed E-state index contributed by atoms with van der Waals surface area (Å²) in [5.74, 6) is 0.734. The summed E-state index contributed by atoms with van der Waals surface area (Å²) in [7, 11) is 0. The van der Waals surface area contributed by atoms with E-state index in [1.54, 1.807) is 0 Å². The molecule has 0 aromatic carbocycles. The standard InChI is InChI=1S/C12H21N3/c1-9(2)15(12(8-13)4-5-12)10(3)11-6-14-7-11/h9-11,14H,4-7H2,1-3H3. The van der Waals surface area contributed by atoms with Crippen LogP contribution in [0.4, 0.5) is 0 Å². The van der Waals surface area contributed by atoms with Gasteiger partial charge in [-0.25, -0.2) is 0 Å². The maximum atomic E-state index is 9.29. The van der Waals surface area contributed by atoms with Crippen LogP contribution in [-0.4, -0.2) is 35.6 Å². The van der Waals surface area contributed by atoms with Crippen molar-refractivity contribution in [3.05, 3.63) is 0 Å². The number of hydrogen-bond acceptors (Lipinski definition) is 3. The van der Waals surface area contributed by atoms with Crippen LogP contribution in [0, 0.1) is 17.2 Å². The SMILES string of the molecule is CC(C)N(C(C)C1CNC1)C1(C#N)CC1. The molecule has 84 valence electrons. The van der Waals surface area contributed by atoms with E-state index in [0.717, 1.165) is 31.8 Å². The highest BCUT2D eigenvalue weighted by atomic mass is 15.3. The van der Waals surface area contributed by atoms with E-state index < -0.39 is 0 Å². The third-order valence-corrected chi connectivity index (χ3v) is 3.92. The highest BCUT2D eigenvalue weighted by Gasteiger charge is 2.52. The summed E-state index contributed by atoms with van der Waals surface area (Å²) in [6, 6.07) is 3.53. The second-order valence-corrected chi connectivity index (χ2v) is 5.30. The van der Waals surface area contributed by atoms with Crippen molar-refractivity contribution in [2.45, 2.75) is 51.2 Å². The van der Waals surface area contributed by atoms with Crippen molar-refractivity contribution in [2.24, 2.45) is 5.92 Å². The van der Waals surface area contributed by atoms with Crippen molar-refractivity contribution in [1.82, 2.24) is 10.2 Å². The number of nitriles is 1. The Bertz CT molecular complexity index is 271. The Morgan fingerprint density at radius 3 is 2.20 bits per heavy atom. The highest BCUT2D eigenvalue weighted by molar-refractivity contribution is 5.21. The maximum Gasteiger partial charge on any atom is 0.109 e. The van der Waals surface area contributed by atoms with Gasteiger partial charge in [0.2, 0.25) is 0 Å². The fourth-order valence-corrected chi connectivity index (χ4v) is 2.78. The van der Waals surface area contributed by atoms with E-state index in [1.165, 1.54) is 0 Å². The average Bonchev–Trinajstić information content (AvgIpc) is 2.81. The summed E-state index contributed by atoms with van der Waals surface area (Å²) < 4.78 is 0. The van der Waals surface area contributed by atoms with Crippen LogP contribution in [0.1, 0.15) is 33.6 Å². The lowest BCUT2D eigenvalue weighted by atomic mass is 9.91. The summed E-state index contributed by atoms with van der Waals surface area (Å²) >= 11 is 0. The van der Waals surface area contributed by atoms with Gasteiger partial charge in [0.25, 0.3) is 0 Å². The Hall–Kier alpha value is -0.590. The minimum atomic E-state index is -0.122. The number of hydrogen-bond donors (Lipinski definition) is 1. The van der Waals surface area contributed by atoms with Crippen LogP contribution < -0.4 is 5.32 Å². The highest BCUT2D eigenvalue weighted by Crippen LogP contribution is 2.44. The van der Waals surface area contributed by atoms with Crippen molar-refractivity contribution in [3.8, 4) is 6.07 Å². The van der Waals surface area contributed by atoms with Gasteiger partial charge >= 0.3 is 0 Å². The van der Waals surface area contributed by atoms with Crippen LogP contribution in [0.25, 0.3) is 0 Å². The van der Waals surface area contributed by atoms with E-state index in [4.69, 9.17) is 0 Å². The third kappa shape index (κ3) is 1.77. The molecule has 1 aliphatic heterocycles. The molecule has 0 bridgehead atoms. The number of rotatable bonds is 4. The summed E-state index contributed by atoms with van der Waals surface area (Å²) in [5, 5.41) is 12.6. The Labute approximate surface area is 92.4 Å². The number of nitrogens with zero attached hydrogens (tertiary/aromatic N) is 2. The fraction of sp³-hybridized carbons (Fsp3) is 0.917. The summed E-state index contributed by atoms with van der Waals surface area (Å²) in [6.45, 7) is 8.93. The average molecular weight is 207 g/mol. The van der Waals surface area contributed by atoms with Gasteiger partial charge in [0.15, 0.2) is 0 Å². The summed E-state index contributed by atoms with van der Waals surface area (Å²) in [4.78, 5) is 2.44. The first-order valence-corrected chi connectivity index (χ1v) is 6.01. The van der Waals surface area contributed by atoms with Crippen LogP contribution in [0.3, 0.4) is 0 Å². The second-order valence-electron chi connectivity index (χ2n) is 5.30. The minimum Gasteiger partial charge on any atom is -0.316 e. The summed E-state index contributed by atoms with van der Waals surface area (Å²) in [5.41, 5.74) is -0.122. The first-order chi connectivity index (χ1) is 7.10. The second kappa shape index (κ2) is 3.77. The molecule has 3 heteroatoms. The molecule has 1 heterocycles.